The zero-order valence-corrected chi connectivity index (χ0v) is 7.71. The molecule has 1 heterocycles. The third-order valence-electron chi connectivity index (χ3n) is 2.46. The van der Waals surface area contributed by atoms with Crippen LogP contribution in [0.2, 0.25) is 0 Å². The van der Waals surface area contributed by atoms with Crippen LogP contribution in [-0.2, 0) is 4.79 Å². The van der Waals surface area contributed by atoms with Crippen LogP contribution in [0.4, 0.5) is 0 Å². The number of hydrogen-bond donors (Lipinski definition) is 2. The van der Waals surface area contributed by atoms with Crippen LogP contribution in [0.5, 0.6) is 0 Å². The molecule has 2 atom stereocenters. The Bertz CT molecular complexity index is 170. The summed E-state index contributed by atoms with van der Waals surface area (Å²) in [5.74, 6) is -0.180. The van der Waals surface area contributed by atoms with Crippen molar-refractivity contribution in [3.05, 3.63) is 0 Å². The van der Waals surface area contributed by atoms with E-state index in [2.05, 4.69) is 10.2 Å². The molecule has 0 bridgehead atoms. The maximum absolute atomic E-state index is 10.9. The molecule has 1 amide bonds. The second-order valence-corrected chi connectivity index (χ2v) is 3.61. The van der Waals surface area contributed by atoms with E-state index in [9.17, 15) is 4.79 Å². The molecule has 1 rings (SSSR count). The number of piperidine rings is 1. The molecule has 0 radical (unpaired) electrons. The molecule has 0 aromatic heterocycles. The van der Waals surface area contributed by atoms with E-state index in [0.717, 1.165) is 19.5 Å². The molecule has 4 heteroatoms. The summed E-state index contributed by atoms with van der Waals surface area (Å²) in [5.41, 5.74) is 5.23. The predicted molar refractivity (Wildman–Crippen MR) is 47.6 cm³/mol. The summed E-state index contributed by atoms with van der Waals surface area (Å²) in [6, 6.07) is 0.441. The van der Waals surface area contributed by atoms with Gasteiger partial charge in [0.25, 0.3) is 0 Å². The first-order valence-electron chi connectivity index (χ1n) is 4.27. The lowest BCUT2D eigenvalue weighted by molar-refractivity contribution is -0.122. The highest BCUT2D eigenvalue weighted by atomic mass is 16.1. The third kappa shape index (κ3) is 2.19. The van der Waals surface area contributed by atoms with E-state index in [1.807, 2.05) is 14.1 Å². The summed E-state index contributed by atoms with van der Waals surface area (Å²) < 4.78 is 0. The van der Waals surface area contributed by atoms with E-state index in [-0.39, 0.29) is 11.8 Å². The molecule has 1 aliphatic heterocycles. The minimum absolute atomic E-state index is 0.00569. The fraction of sp³-hybridized carbons (Fsp3) is 0.875. The number of primary amides is 1. The van der Waals surface area contributed by atoms with Crippen LogP contribution >= 0.6 is 0 Å². The number of likely N-dealkylation sites (N-methyl/N-ethyl adjacent to an activating group) is 1. The van der Waals surface area contributed by atoms with Gasteiger partial charge < -0.3 is 16.0 Å². The van der Waals surface area contributed by atoms with Crippen LogP contribution in [0.1, 0.15) is 6.42 Å². The lowest BCUT2D eigenvalue weighted by atomic mass is 9.95. The largest absolute Gasteiger partial charge is 0.369 e. The van der Waals surface area contributed by atoms with Gasteiger partial charge in [0, 0.05) is 19.1 Å². The summed E-state index contributed by atoms with van der Waals surface area (Å²) in [6.45, 7) is 1.69. The standard InChI is InChI=1S/C8H17N3O/c1-11(2)7-3-6(8(9)12)4-10-5-7/h6-7,10H,3-5H2,1-2H3,(H2,9,12). The Morgan fingerprint density at radius 1 is 1.50 bits per heavy atom. The Morgan fingerprint density at radius 2 is 2.17 bits per heavy atom. The summed E-state index contributed by atoms with van der Waals surface area (Å²) >= 11 is 0. The summed E-state index contributed by atoms with van der Waals surface area (Å²) in [5, 5.41) is 3.21. The smallest absolute Gasteiger partial charge is 0.221 e. The molecular formula is C8H17N3O. The average molecular weight is 171 g/mol. The van der Waals surface area contributed by atoms with Gasteiger partial charge in [0.1, 0.15) is 0 Å². The SMILES string of the molecule is CN(C)C1CNCC(C(N)=O)C1. The van der Waals surface area contributed by atoms with Gasteiger partial charge in [-0.3, -0.25) is 4.79 Å². The van der Waals surface area contributed by atoms with E-state index >= 15 is 0 Å². The van der Waals surface area contributed by atoms with Crippen molar-refractivity contribution in [3.8, 4) is 0 Å². The second-order valence-electron chi connectivity index (χ2n) is 3.61. The van der Waals surface area contributed by atoms with Gasteiger partial charge in [-0.1, -0.05) is 0 Å². The highest BCUT2D eigenvalue weighted by Gasteiger charge is 2.26. The summed E-state index contributed by atoms with van der Waals surface area (Å²) in [4.78, 5) is 13.0. The predicted octanol–water partition coefficient (Wildman–Crippen LogP) is -0.989. The number of nitrogens with zero attached hydrogens (tertiary/aromatic N) is 1. The van der Waals surface area contributed by atoms with Crippen LogP contribution in [0.15, 0.2) is 0 Å². The molecule has 0 spiro atoms. The second kappa shape index (κ2) is 3.87. The zero-order chi connectivity index (χ0) is 9.14. The normalized spacial score (nSPS) is 30.6. The van der Waals surface area contributed by atoms with Crippen molar-refractivity contribution >= 4 is 5.91 Å². The maximum atomic E-state index is 10.9. The first-order chi connectivity index (χ1) is 5.61. The maximum Gasteiger partial charge on any atom is 0.221 e. The topological polar surface area (TPSA) is 58.4 Å². The summed E-state index contributed by atoms with van der Waals surface area (Å²) in [7, 11) is 4.05. The van der Waals surface area contributed by atoms with Crippen molar-refractivity contribution in [2.24, 2.45) is 11.7 Å². The molecule has 0 aromatic rings. The minimum atomic E-state index is -0.186. The highest BCUT2D eigenvalue weighted by Crippen LogP contribution is 2.12. The van der Waals surface area contributed by atoms with Gasteiger partial charge in [0.2, 0.25) is 5.91 Å². The average Bonchev–Trinajstić information content (AvgIpc) is 2.04. The van der Waals surface area contributed by atoms with Crippen molar-refractivity contribution in [1.82, 2.24) is 10.2 Å². The number of carbonyl (C=O) groups excluding carboxylic acids is 1. The van der Waals surface area contributed by atoms with Gasteiger partial charge in [-0.25, -0.2) is 0 Å². The van der Waals surface area contributed by atoms with E-state index in [0.29, 0.717) is 6.04 Å². The number of nitrogens with one attached hydrogen (secondary N) is 1. The molecule has 12 heavy (non-hydrogen) atoms. The van der Waals surface area contributed by atoms with Crippen molar-refractivity contribution < 1.29 is 4.79 Å². The van der Waals surface area contributed by atoms with Gasteiger partial charge in [-0.15, -0.1) is 0 Å². The van der Waals surface area contributed by atoms with Gasteiger partial charge in [0.15, 0.2) is 0 Å². The fourth-order valence-corrected chi connectivity index (χ4v) is 1.53. The molecule has 70 valence electrons. The van der Waals surface area contributed by atoms with Gasteiger partial charge in [0.05, 0.1) is 5.92 Å². The molecule has 0 aliphatic carbocycles. The molecule has 1 saturated heterocycles. The first kappa shape index (κ1) is 9.48. The number of carbonyl (C=O) groups is 1. The van der Waals surface area contributed by atoms with Crippen molar-refractivity contribution in [2.75, 3.05) is 27.2 Å². The van der Waals surface area contributed by atoms with Crippen LogP contribution in [0.25, 0.3) is 0 Å². The van der Waals surface area contributed by atoms with E-state index in [1.54, 1.807) is 0 Å². The van der Waals surface area contributed by atoms with Gasteiger partial charge in [-0.2, -0.15) is 0 Å². The van der Waals surface area contributed by atoms with E-state index in [1.165, 1.54) is 0 Å². The van der Waals surface area contributed by atoms with E-state index in [4.69, 9.17) is 5.73 Å². The van der Waals surface area contributed by atoms with Crippen LogP contribution in [0.3, 0.4) is 0 Å². The van der Waals surface area contributed by atoms with Gasteiger partial charge >= 0.3 is 0 Å². The third-order valence-corrected chi connectivity index (χ3v) is 2.46. The molecular weight excluding hydrogens is 154 g/mol. The number of nitrogens with two attached hydrogens (primary N) is 1. The summed E-state index contributed by atoms with van der Waals surface area (Å²) in [6.07, 6.45) is 0.884. The lowest BCUT2D eigenvalue weighted by Gasteiger charge is -2.32. The Balaban J connectivity index is 2.46. The number of hydrogen-bond acceptors (Lipinski definition) is 3. The van der Waals surface area contributed by atoms with Crippen molar-refractivity contribution in [2.45, 2.75) is 12.5 Å². The van der Waals surface area contributed by atoms with Crippen LogP contribution in [0, 0.1) is 5.92 Å². The monoisotopic (exact) mass is 171 g/mol. The molecule has 1 aliphatic rings. The Hall–Kier alpha value is -0.610. The van der Waals surface area contributed by atoms with Crippen LogP contribution < -0.4 is 11.1 Å². The molecule has 0 saturated carbocycles. The molecule has 1 fully saturated rings. The fourth-order valence-electron chi connectivity index (χ4n) is 1.53. The molecule has 3 N–H and O–H groups in total. The van der Waals surface area contributed by atoms with Crippen LogP contribution in [-0.4, -0.2) is 44.0 Å². The van der Waals surface area contributed by atoms with Crippen molar-refractivity contribution in [3.63, 3.8) is 0 Å². The minimum Gasteiger partial charge on any atom is -0.369 e. The number of rotatable bonds is 2. The Morgan fingerprint density at radius 3 is 2.67 bits per heavy atom. The highest BCUT2D eigenvalue weighted by molar-refractivity contribution is 5.77. The quantitative estimate of drug-likeness (QED) is 0.561. The zero-order valence-electron chi connectivity index (χ0n) is 7.71. The lowest BCUT2D eigenvalue weighted by Crippen LogP contribution is -2.49. The molecule has 0 aromatic carbocycles. The Kier molecular flexibility index (Phi) is 3.05. The van der Waals surface area contributed by atoms with Crippen molar-refractivity contribution in [1.29, 1.82) is 0 Å². The number of amides is 1. The Labute approximate surface area is 73.1 Å². The molecule has 4 nitrogen and oxygen atoms in total. The van der Waals surface area contributed by atoms with Gasteiger partial charge in [-0.05, 0) is 20.5 Å². The first-order valence-corrected chi connectivity index (χ1v) is 4.27. The molecule has 2 unspecified atom stereocenters. The van der Waals surface area contributed by atoms with E-state index < -0.39 is 0 Å².